The summed E-state index contributed by atoms with van der Waals surface area (Å²) < 4.78 is 0. The first-order chi connectivity index (χ1) is 7.76. The summed E-state index contributed by atoms with van der Waals surface area (Å²) in [6.07, 6.45) is 12.5. The highest BCUT2D eigenvalue weighted by Crippen LogP contribution is 2.39. The molecule has 2 heterocycles. The molecule has 2 aliphatic rings. The third kappa shape index (κ3) is 2.24. The van der Waals surface area contributed by atoms with Crippen LogP contribution in [-0.2, 0) is 0 Å². The molecule has 2 rings (SSSR count). The highest BCUT2D eigenvalue weighted by Gasteiger charge is 2.40. The summed E-state index contributed by atoms with van der Waals surface area (Å²) in [5.41, 5.74) is 2.98. The maximum atomic E-state index is 5.66. The zero-order valence-corrected chi connectivity index (χ0v) is 10.2. The van der Waals surface area contributed by atoms with E-state index in [4.69, 9.17) is 12.3 Å². The number of fused-ring (bicyclic) bond motifs is 2. The highest BCUT2D eigenvalue weighted by atomic mass is 15.2. The smallest absolute Gasteiger partial charge is 0.0249 e. The van der Waals surface area contributed by atoms with E-state index in [9.17, 15) is 0 Å². The van der Waals surface area contributed by atoms with Crippen molar-refractivity contribution in [2.75, 3.05) is 7.05 Å². The first-order valence-electron chi connectivity index (χ1n) is 6.37. The Kier molecular flexibility index (Phi) is 3.86. The predicted octanol–water partition coefficient (Wildman–Crippen LogP) is 1.10. The van der Waals surface area contributed by atoms with Crippen molar-refractivity contribution in [1.82, 2.24) is 10.3 Å². The van der Waals surface area contributed by atoms with Crippen LogP contribution in [0.1, 0.15) is 38.5 Å². The molecule has 0 saturated carbocycles. The summed E-state index contributed by atoms with van der Waals surface area (Å²) >= 11 is 0. The van der Waals surface area contributed by atoms with Crippen LogP contribution < -0.4 is 11.3 Å². The molecule has 0 aromatic carbocycles. The van der Waals surface area contributed by atoms with Gasteiger partial charge in [-0.2, -0.15) is 0 Å². The quantitative estimate of drug-likeness (QED) is 0.424. The first-order valence-corrected chi connectivity index (χ1v) is 6.37. The van der Waals surface area contributed by atoms with Gasteiger partial charge in [0.25, 0.3) is 0 Å². The Bertz CT molecular complexity index is 257. The van der Waals surface area contributed by atoms with Crippen molar-refractivity contribution in [3.05, 3.63) is 0 Å². The molecule has 2 fully saturated rings. The van der Waals surface area contributed by atoms with Crippen molar-refractivity contribution in [1.29, 1.82) is 0 Å². The average Bonchev–Trinajstić information content (AvgIpc) is 2.54. The molecular formula is C13H23N3. The summed E-state index contributed by atoms with van der Waals surface area (Å²) in [7, 11) is 2.27. The van der Waals surface area contributed by atoms with E-state index in [1.807, 2.05) is 0 Å². The lowest BCUT2D eigenvalue weighted by Crippen LogP contribution is -2.48. The molecule has 16 heavy (non-hydrogen) atoms. The van der Waals surface area contributed by atoms with E-state index in [1.165, 1.54) is 25.7 Å². The minimum absolute atomic E-state index is 0.410. The van der Waals surface area contributed by atoms with E-state index < -0.39 is 0 Å². The standard InChI is InChI=1S/C13H23N3/c1-3-4-5-13(15-14)10-8-11-6-7-12(9-10)16(11)2/h1,10-13,15H,4-9,14H2,2H3. The van der Waals surface area contributed by atoms with E-state index in [2.05, 4.69) is 23.3 Å². The Morgan fingerprint density at radius 2 is 2.06 bits per heavy atom. The van der Waals surface area contributed by atoms with Crippen LogP contribution in [0.4, 0.5) is 0 Å². The van der Waals surface area contributed by atoms with Crippen LogP contribution in [0.2, 0.25) is 0 Å². The lowest BCUT2D eigenvalue weighted by atomic mass is 9.83. The summed E-state index contributed by atoms with van der Waals surface area (Å²) in [5.74, 6) is 9.09. The van der Waals surface area contributed by atoms with E-state index in [0.717, 1.165) is 24.9 Å². The van der Waals surface area contributed by atoms with Crippen molar-refractivity contribution >= 4 is 0 Å². The third-order valence-corrected chi connectivity index (χ3v) is 4.52. The molecule has 0 aromatic heterocycles. The molecule has 3 N–H and O–H groups in total. The second-order valence-electron chi connectivity index (χ2n) is 5.30. The third-order valence-electron chi connectivity index (χ3n) is 4.52. The monoisotopic (exact) mass is 221 g/mol. The minimum atomic E-state index is 0.410. The minimum Gasteiger partial charge on any atom is -0.300 e. The zero-order chi connectivity index (χ0) is 11.5. The van der Waals surface area contributed by atoms with Gasteiger partial charge in [0.05, 0.1) is 0 Å². The molecule has 3 nitrogen and oxygen atoms in total. The second kappa shape index (κ2) is 5.18. The Balaban J connectivity index is 1.93. The fourth-order valence-corrected chi connectivity index (χ4v) is 3.48. The van der Waals surface area contributed by atoms with Gasteiger partial charge in [-0.05, 0) is 45.1 Å². The van der Waals surface area contributed by atoms with Crippen molar-refractivity contribution in [2.45, 2.75) is 56.7 Å². The van der Waals surface area contributed by atoms with Gasteiger partial charge in [-0.25, -0.2) is 0 Å². The lowest BCUT2D eigenvalue weighted by Gasteiger charge is -2.39. The maximum absolute atomic E-state index is 5.66. The molecule has 0 aliphatic carbocycles. The molecule has 0 radical (unpaired) electrons. The van der Waals surface area contributed by atoms with E-state index in [0.29, 0.717) is 12.0 Å². The normalized spacial score (nSPS) is 35.9. The summed E-state index contributed by atoms with van der Waals surface area (Å²) in [6, 6.07) is 1.98. The molecule has 2 bridgehead atoms. The van der Waals surface area contributed by atoms with Gasteiger partial charge in [0.1, 0.15) is 0 Å². The molecule has 90 valence electrons. The predicted molar refractivity (Wildman–Crippen MR) is 66.5 cm³/mol. The zero-order valence-electron chi connectivity index (χ0n) is 10.2. The van der Waals surface area contributed by atoms with Crippen LogP contribution in [0.25, 0.3) is 0 Å². The number of nitrogens with one attached hydrogen (secondary N) is 1. The van der Waals surface area contributed by atoms with E-state index >= 15 is 0 Å². The molecule has 3 unspecified atom stereocenters. The SMILES string of the molecule is C#CCCC(NN)C1CC2CCC(C1)N2C. The fourth-order valence-electron chi connectivity index (χ4n) is 3.48. The molecule has 2 aliphatic heterocycles. The van der Waals surface area contributed by atoms with Gasteiger partial charge in [-0.1, -0.05) is 0 Å². The number of hydrogen-bond acceptors (Lipinski definition) is 3. The molecule has 3 atom stereocenters. The van der Waals surface area contributed by atoms with Gasteiger partial charge in [-0.3, -0.25) is 11.3 Å². The first kappa shape index (κ1) is 11.9. The van der Waals surface area contributed by atoms with Crippen molar-refractivity contribution in [2.24, 2.45) is 11.8 Å². The van der Waals surface area contributed by atoms with Gasteiger partial charge in [0.15, 0.2) is 0 Å². The number of hydrogen-bond donors (Lipinski definition) is 2. The van der Waals surface area contributed by atoms with Crippen LogP contribution in [0.3, 0.4) is 0 Å². The Morgan fingerprint density at radius 1 is 1.44 bits per heavy atom. The Hall–Kier alpha value is -0.560. The number of terminal acetylenes is 1. The molecule has 0 aromatic rings. The summed E-state index contributed by atoms with van der Waals surface area (Å²) in [5, 5.41) is 0. The topological polar surface area (TPSA) is 41.3 Å². The van der Waals surface area contributed by atoms with Gasteiger partial charge >= 0.3 is 0 Å². The second-order valence-corrected chi connectivity index (χ2v) is 5.30. The largest absolute Gasteiger partial charge is 0.300 e. The maximum Gasteiger partial charge on any atom is 0.0249 e. The van der Waals surface area contributed by atoms with Crippen LogP contribution in [0.5, 0.6) is 0 Å². The van der Waals surface area contributed by atoms with Gasteiger partial charge in [-0.15, -0.1) is 12.3 Å². The lowest BCUT2D eigenvalue weighted by molar-refractivity contribution is 0.110. The number of rotatable bonds is 4. The van der Waals surface area contributed by atoms with Gasteiger partial charge in [0.2, 0.25) is 0 Å². The van der Waals surface area contributed by atoms with Crippen LogP contribution >= 0.6 is 0 Å². The number of nitrogens with zero attached hydrogens (tertiary/aromatic N) is 1. The molecular weight excluding hydrogens is 198 g/mol. The highest BCUT2D eigenvalue weighted by molar-refractivity contribution is 4.97. The molecule has 0 amide bonds. The molecule has 0 spiro atoms. The molecule has 3 heteroatoms. The van der Waals surface area contributed by atoms with E-state index in [-0.39, 0.29) is 0 Å². The number of piperidine rings is 1. The van der Waals surface area contributed by atoms with Crippen molar-refractivity contribution in [3.63, 3.8) is 0 Å². The number of hydrazine groups is 1. The fraction of sp³-hybridized carbons (Fsp3) is 0.846. The Morgan fingerprint density at radius 3 is 2.56 bits per heavy atom. The number of nitrogens with two attached hydrogens (primary N) is 1. The molecule has 2 saturated heterocycles. The van der Waals surface area contributed by atoms with Gasteiger partial charge in [0, 0.05) is 24.5 Å². The summed E-state index contributed by atoms with van der Waals surface area (Å²) in [4.78, 5) is 2.56. The van der Waals surface area contributed by atoms with Crippen LogP contribution in [-0.4, -0.2) is 30.1 Å². The summed E-state index contributed by atoms with van der Waals surface area (Å²) in [6.45, 7) is 0. The van der Waals surface area contributed by atoms with E-state index in [1.54, 1.807) is 0 Å². The average molecular weight is 221 g/mol. The van der Waals surface area contributed by atoms with Crippen LogP contribution in [0, 0.1) is 18.3 Å². The Labute approximate surface area is 98.7 Å². The van der Waals surface area contributed by atoms with Crippen LogP contribution in [0.15, 0.2) is 0 Å². The van der Waals surface area contributed by atoms with Crippen molar-refractivity contribution < 1.29 is 0 Å². The van der Waals surface area contributed by atoms with Crippen molar-refractivity contribution in [3.8, 4) is 12.3 Å². The van der Waals surface area contributed by atoms with Gasteiger partial charge < -0.3 is 4.90 Å².